The van der Waals surface area contributed by atoms with Gasteiger partial charge >= 0.3 is 0 Å². The van der Waals surface area contributed by atoms with Gasteiger partial charge in [0.2, 0.25) is 5.91 Å². The zero-order valence-electron chi connectivity index (χ0n) is 12.6. The van der Waals surface area contributed by atoms with Crippen LogP contribution in [0.5, 0.6) is 0 Å². The van der Waals surface area contributed by atoms with Crippen molar-refractivity contribution in [2.24, 2.45) is 5.41 Å². The van der Waals surface area contributed by atoms with Gasteiger partial charge in [0.15, 0.2) is 0 Å². The first-order valence-corrected chi connectivity index (χ1v) is 7.49. The zero-order valence-corrected chi connectivity index (χ0v) is 12.6. The first kappa shape index (κ1) is 15.3. The van der Waals surface area contributed by atoms with Gasteiger partial charge in [-0.25, -0.2) is 0 Å². The third kappa shape index (κ3) is 2.82. The molecule has 5 nitrogen and oxygen atoms in total. The predicted octanol–water partition coefficient (Wildman–Crippen LogP) is 1.30. The summed E-state index contributed by atoms with van der Waals surface area (Å²) in [6, 6.07) is 2.23. The van der Waals surface area contributed by atoms with Crippen LogP contribution in [0.4, 0.5) is 0 Å². The minimum atomic E-state index is -0.885. The van der Waals surface area contributed by atoms with Gasteiger partial charge in [0.05, 0.1) is 6.07 Å². The molecule has 0 bridgehead atoms. The lowest BCUT2D eigenvalue weighted by Crippen LogP contribution is -2.54. The number of hydrogen-bond donors (Lipinski definition) is 1. The number of amides is 1. The number of likely N-dealkylation sites (N-methyl/N-ethyl adjacent to an activating group) is 1. The van der Waals surface area contributed by atoms with Crippen molar-refractivity contribution in [2.45, 2.75) is 44.1 Å². The molecule has 1 saturated carbocycles. The summed E-state index contributed by atoms with van der Waals surface area (Å²) in [4.78, 5) is 14.7. The molecule has 2 aliphatic rings. The molecule has 5 heteroatoms. The smallest absolute Gasteiger partial charge is 0.240 e. The number of ether oxygens (including phenoxy) is 1. The van der Waals surface area contributed by atoms with E-state index >= 15 is 0 Å². The number of rotatable bonds is 4. The highest BCUT2D eigenvalue weighted by molar-refractivity contribution is 5.85. The van der Waals surface area contributed by atoms with E-state index in [9.17, 15) is 10.1 Å². The Hall–Kier alpha value is -1.12. The van der Waals surface area contributed by atoms with Crippen LogP contribution < -0.4 is 5.32 Å². The van der Waals surface area contributed by atoms with Gasteiger partial charge in [0, 0.05) is 25.3 Å². The number of hydrogen-bond acceptors (Lipinski definition) is 4. The molecule has 2 fully saturated rings. The molecule has 112 valence electrons. The monoisotopic (exact) mass is 279 g/mol. The lowest BCUT2D eigenvalue weighted by molar-refractivity contribution is -0.133. The summed E-state index contributed by atoms with van der Waals surface area (Å²) in [7, 11) is 4.15. The van der Waals surface area contributed by atoms with Crippen molar-refractivity contribution in [2.75, 3.05) is 33.9 Å². The highest BCUT2D eigenvalue weighted by Gasteiger charge is 2.42. The van der Waals surface area contributed by atoms with Crippen LogP contribution in [0.2, 0.25) is 0 Å². The van der Waals surface area contributed by atoms with Crippen LogP contribution in [0.1, 0.15) is 38.5 Å². The topological polar surface area (TPSA) is 65.4 Å². The van der Waals surface area contributed by atoms with Crippen molar-refractivity contribution < 1.29 is 9.53 Å². The van der Waals surface area contributed by atoms with Gasteiger partial charge in [-0.3, -0.25) is 4.79 Å². The van der Waals surface area contributed by atoms with Gasteiger partial charge in [0.25, 0.3) is 0 Å². The highest BCUT2D eigenvalue weighted by atomic mass is 16.5. The Balaban J connectivity index is 1.99. The van der Waals surface area contributed by atoms with E-state index in [1.807, 2.05) is 0 Å². The Morgan fingerprint density at radius 3 is 2.35 bits per heavy atom. The summed E-state index contributed by atoms with van der Waals surface area (Å²) in [6.07, 6.45) is 5.66. The normalized spacial score (nSPS) is 24.3. The van der Waals surface area contributed by atoms with Crippen molar-refractivity contribution in [3.63, 3.8) is 0 Å². The van der Waals surface area contributed by atoms with Crippen molar-refractivity contribution >= 4 is 5.91 Å². The Morgan fingerprint density at radius 1 is 1.25 bits per heavy atom. The molecule has 1 saturated heterocycles. The molecule has 1 N–H and O–H groups in total. The molecule has 1 amide bonds. The third-order valence-electron chi connectivity index (χ3n) is 5.06. The molecule has 1 aliphatic heterocycles. The molecule has 0 atom stereocenters. The van der Waals surface area contributed by atoms with Gasteiger partial charge < -0.3 is 15.0 Å². The van der Waals surface area contributed by atoms with E-state index in [-0.39, 0.29) is 11.4 Å². The molecule has 0 aromatic rings. The highest BCUT2D eigenvalue weighted by Crippen LogP contribution is 2.34. The van der Waals surface area contributed by atoms with E-state index in [4.69, 9.17) is 4.74 Å². The minimum Gasteiger partial charge on any atom is -0.381 e. The fraction of sp³-hybridized carbons (Fsp3) is 0.867. The third-order valence-corrected chi connectivity index (χ3v) is 5.06. The number of nitriles is 1. The van der Waals surface area contributed by atoms with Crippen LogP contribution in [-0.2, 0) is 9.53 Å². The molecule has 1 aliphatic carbocycles. The van der Waals surface area contributed by atoms with Crippen molar-refractivity contribution in [1.29, 1.82) is 5.26 Å². The van der Waals surface area contributed by atoms with Crippen molar-refractivity contribution in [3.05, 3.63) is 0 Å². The van der Waals surface area contributed by atoms with Crippen LogP contribution in [0.3, 0.4) is 0 Å². The minimum absolute atomic E-state index is 0.0669. The standard InChI is InChI=1S/C15H25N3O2/c1-18(2)15(5-3-4-6-15)12-17-13(19)14(11-16)7-9-20-10-8-14/h3-10,12H2,1-2H3,(H,17,19). The second kappa shape index (κ2) is 6.11. The van der Waals surface area contributed by atoms with E-state index in [0.717, 1.165) is 12.8 Å². The molecule has 1 heterocycles. The lowest BCUT2D eigenvalue weighted by Gasteiger charge is -2.38. The Morgan fingerprint density at radius 2 is 1.85 bits per heavy atom. The quantitative estimate of drug-likeness (QED) is 0.842. The van der Waals surface area contributed by atoms with Crippen molar-refractivity contribution in [1.82, 2.24) is 10.2 Å². The number of nitrogens with zero attached hydrogens (tertiary/aromatic N) is 2. The van der Waals surface area contributed by atoms with Gasteiger partial charge in [0.1, 0.15) is 5.41 Å². The summed E-state index contributed by atoms with van der Waals surface area (Å²) in [5, 5.41) is 12.5. The van der Waals surface area contributed by atoms with E-state index in [1.54, 1.807) is 0 Å². The molecule has 0 unspecified atom stereocenters. The Kier molecular flexibility index (Phi) is 4.66. The number of carbonyl (C=O) groups excluding carboxylic acids is 1. The van der Waals surface area contributed by atoms with Crippen LogP contribution in [0.15, 0.2) is 0 Å². The molecule has 0 spiro atoms. The molecule has 0 radical (unpaired) electrons. The fourth-order valence-corrected chi connectivity index (χ4v) is 3.34. The van der Waals surface area contributed by atoms with Crippen LogP contribution in [-0.4, -0.2) is 50.2 Å². The van der Waals surface area contributed by atoms with Gasteiger partial charge in [-0.15, -0.1) is 0 Å². The molecular formula is C15H25N3O2. The second-order valence-corrected chi connectivity index (χ2v) is 6.31. The SMILES string of the molecule is CN(C)C1(CNC(=O)C2(C#N)CCOCC2)CCCC1. The lowest BCUT2D eigenvalue weighted by atomic mass is 9.80. The van der Waals surface area contributed by atoms with Crippen LogP contribution in [0, 0.1) is 16.7 Å². The fourth-order valence-electron chi connectivity index (χ4n) is 3.34. The van der Waals surface area contributed by atoms with Gasteiger partial charge in [-0.2, -0.15) is 5.26 Å². The van der Waals surface area contributed by atoms with E-state index in [0.29, 0.717) is 32.6 Å². The maximum atomic E-state index is 12.5. The Bertz CT molecular complexity index is 388. The summed E-state index contributed by atoms with van der Waals surface area (Å²) < 4.78 is 5.27. The summed E-state index contributed by atoms with van der Waals surface area (Å²) in [5.41, 5.74) is -0.818. The molecule has 0 aromatic heterocycles. The first-order chi connectivity index (χ1) is 9.55. The van der Waals surface area contributed by atoms with Crippen LogP contribution >= 0.6 is 0 Å². The second-order valence-electron chi connectivity index (χ2n) is 6.31. The van der Waals surface area contributed by atoms with Gasteiger partial charge in [-0.1, -0.05) is 12.8 Å². The molecule has 0 aromatic carbocycles. The zero-order chi connectivity index (χ0) is 14.6. The molecule has 2 rings (SSSR count). The number of carbonyl (C=O) groups is 1. The van der Waals surface area contributed by atoms with Crippen LogP contribution in [0.25, 0.3) is 0 Å². The summed E-state index contributed by atoms with van der Waals surface area (Å²) in [6.45, 7) is 1.64. The number of nitrogens with one attached hydrogen (secondary N) is 1. The van der Waals surface area contributed by atoms with Crippen molar-refractivity contribution in [3.8, 4) is 6.07 Å². The Labute approximate surface area is 121 Å². The maximum absolute atomic E-state index is 12.5. The summed E-state index contributed by atoms with van der Waals surface area (Å²) in [5.74, 6) is -0.114. The first-order valence-electron chi connectivity index (χ1n) is 7.49. The maximum Gasteiger partial charge on any atom is 0.240 e. The largest absolute Gasteiger partial charge is 0.381 e. The average molecular weight is 279 g/mol. The molecule has 20 heavy (non-hydrogen) atoms. The van der Waals surface area contributed by atoms with E-state index < -0.39 is 5.41 Å². The van der Waals surface area contributed by atoms with Gasteiger partial charge in [-0.05, 0) is 39.8 Å². The molecular weight excluding hydrogens is 254 g/mol. The van der Waals surface area contributed by atoms with E-state index in [2.05, 4.69) is 30.4 Å². The average Bonchev–Trinajstić information content (AvgIpc) is 2.95. The summed E-state index contributed by atoms with van der Waals surface area (Å²) >= 11 is 0. The van der Waals surface area contributed by atoms with E-state index in [1.165, 1.54) is 12.8 Å². The predicted molar refractivity (Wildman–Crippen MR) is 76.0 cm³/mol.